The lowest BCUT2D eigenvalue weighted by atomic mass is 9.93. The molecule has 0 aliphatic carbocycles. The SMILES string of the molecule is [C-]#[N+]c1c(N)sc2c(F)ccc(-c3c(C(F)(F)F)cc4c(OC5CCNC5(C)C)nc(OC[C@@]56CCCN5C[C@H](F)C6)nc4c3F)c12. The van der Waals surface area contributed by atoms with Crippen molar-refractivity contribution in [3.8, 4) is 23.0 Å². The molecule has 2 aromatic carbocycles. The quantitative estimate of drug-likeness (QED) is 0.162. The van der Waals surface area contributed by atoms with Gasteiger partial charge in [0.15, 0.2) is 5.82 Å². The molecule has 7 rings (SSSR count). The zero-order valence-corrected chi connectivity index (χ0v) is 26.2. The van der Waals surface area contributed by atoms with Crippen molar-refractivity contribution < 1.29 is 35.8 Å². The van der Waals surface area contributed by atoms with Crippen LogP contribution in [-0.2, 0) is 6.18 Å². The third-order valence-electron chi connectivity index (χ3n) is 9.63. The number of alkyl halides is 4. The largest absolute Gasteiger partial charge is 0.472 e. The molecule has 1 unspecified atom stereocenters. The molecule has 3 fully saturated rings. The van der Waals surface area contributed by atoms with Crippen molar-refractivity contribution in [3.63, 3.8) is 0 Å². The Morgan fingerprint density at radius 2 is 2.02 bits per heavy atom. The van der Waals surface area contributed by atoms with Gasteiger partial charge in [0, 0.05) is 29.5 Å². The first-order valence-corrected chi connectivity index (χ1v) is 16.0. The van der Waals surface area contributed by atoms with E-state index >= 15 is 4.39 Å². The minimum Gasteiger partial charge on any atom is -0.472 e. The minimum absolute atomic E-state index is 0.00885. The highest BCUT2D eigenvalue weighted by Gasteiger charge is 2.49. The Morgan fingerprint density at radius 3 is 2.72 bits per heavy atom. The average molecular weight is 677 g/mol. The number of nitrogens with two attached hydrogens (primary N) is 1. The van der Waals surface area contributed by atoms with E-state index in [0.29, 0.717) is 43.3 Å². The highest BCUT2D eigenvalue weighted by atomic mass is 32.1. The van der Waals surface area contributed by atoms with Gasteiger partial charge in [0.25, 0.3) is 0 Å². The number of aromatic nitrogens is 2. The zero-order valence-electron chi connectivity index (χ0n) is 25.4. The maximum atomic E-state index is 16.9. The summed E-state index contributed by atoms with van der Waals surface area (Å²) in [7, 11) is 0. The summed E-state index contributed by atoms with van der Waals surface area (Å²) in [5, 5.41) is 2.59. The monoisotopic (exact) mass is 676 g/mol. The molecule has 3 atom stereocenters. The summed E-state index contributed by atoms with van der Waals surface area (Å²) in [4.78, 5) is 13.9. The van der Waals surface area contributed by atoms with Crippen molar-refractivity contribution in [2.24, 2.45) is 0 Å². The van der Waals surface area contributed by atoms with Crippen LogP contribution in [0.5, 0.6) is 11.9 Å². The molecule has 248 valence electrons. The van der Waals surface area contributed by atoms with Crippen LogP contribution in [0, 0.1) is 18.2 Å². The summed E-state index contributed by atoms with van der Waals surface area (Å²) in [6.45, 7) is 12.8. The van der Waals surface area contributed by atoms with Gasteiger partial charge >= 0.3 is 12.2 Å². The number of benzene rings is 2. The van der Waals surface area contributed by atoms with Crippen LogP contribution in [0.2, 0.25) is 0 Å². The van der Waals surface area contributed by atoms with Crippen LogP contribution >= 0.6 is 11.3 Å². The summed E-state index contributed by atoms with van der Waals surface area (Å²) in [5.41, 5.74) is 1.29. The zero-order chi connectivity index (χ0) is 33.5. The molecular formula is C32H30F6N6O2S. The van der Waals surface area contributed by atoms with Crippen molar-refractivity contribution in [3.05, 3.63) is 46.8 Å². The van der Waals surface area contributed by atoms with Gasteiger partial charge in [-0.15, -0.1) is 11.3 Å². The summed E-state index contributed by atoms with van der Waals surface area (Å²) in [6, 6.07) is 2.29. The van der Waals surface area contributed by atoms with Gasteiger partial charge in [-0.2, -0.15) is 23.1 Å². The minimum atomic E-state index is -5.10. The van der Waals surface area contributed by atoms with E-state index in [1.165, 1.54) is 0 Å². The van der Waals surface area contributed by atoms with Crippen LogP contribution in [0.25, 0.3) is 37.0 Å². The van der Waals surface area contributed by atoms with Crippen LogP contribution < -0.4 is 20.5 Å². The molecule has 3 saturated heterocycles. The molecule has 0 radical (unpaired) electrons. The number of anilines is 1. The first-order chi connectivity index (χ1) is 22.2. The van der Waals surface area contributed by atoms with Crippen LogP contribution in [0.1, 0.15) is 45.1 Å². The predicted molar refractivity (Wildman–Crippen MR) is 166 cm³/mol. The molecule has 2 aromatic heterocycles. The Morgan fingerprint density at radius 1 is 1.23 bits per heavy atom. The normalized spacial score (nSPS) is 24.2. The molecule has 0 amide bonds. The van der Waals surface area contributed by atoms with E-state index in [0.717, 1.165) is 18.6 Å². The van der Waals surface area contributed by atoms with E-state index in [9.17, 15) is 22.0 Å². The van der Waals surface area contributed by atoms with Gasteiger partial charge < -0.3 is 20.5 Å². The molecule has 15 heteroatoms. The fourth-order valence-corrected chi connectivity index (χ4v) is 8.24. The van der Waals surface area contributed by atoms with E-state index in [2.05, 4.69) is 20.1 Å². The Balaban J connectivity index is 1.45. The van der Waals surface area contributed by atoms with Crippen molar-refractivity contribution in [2.45, 2.75) is 69.1 Å². The summed E-state index contributed by atoms with van der Waals surface area (Å²) >= 11 is 0.693. The predicted octanol–water partition coefficient (Wildman–Crippen LogP) is 7.42. The van der Waals surface area contributed by atoms with Gasteiger partial charge in [-0.1, -0.05) is 6.07 Å². The van der Waals surface area contributed by atoms with Crippen LogP contribution in [-0.4, -0.2) is 64.5 Å². The van der Waals surface area contributed by atoms with Gasteiger partial charge in [0.05, 0.1) is 32.8 Å². The summed E-state index contributed by atoms with van der Waals surface area (Å²) in [6.07, 6.45) is -4.40. The van der Waals surface area contributed by atoms with Gasteiger partial charge in [-0.3, -0.25) is 4.90 Å². The highest BCUT2D eigenvalue weighted by molar-refractivity contribution is 7.23. The van der Waals surface area contributed by atoms with E-state index < -0.39 is 57.8 Å². The summed E-state index contributed by atoms with van der Waals surface area (Å²) < 4.78 is 103. The Labute approximate surface area is 269 Å². The number of thiophene rings is 1. The third-order valence-corrected chi connectivity index (χ3v) is 10.6. The van der Waals surface area contributed by atoms with Crippen LogP contribution in [0.4, 0.5) is 37.0 Å². The number of hydrogen-bond acceptors (Lipinski definition) is 8. The van der Waals surface area contributed by atoms with Gasteiger partial charge in [-0.25, -0.2) is 18.0 Å². The van der Waals surface area contributed by atoms with E-state index in [1.807, 2.05) is 18.7 Å². The second-order valence-corrected chi connectivity index (χ2v) is 14.0. The number of ether oxygens (including phenoxy) is 2. The van der Waals surface area contributed by atoms with Crippen molar-refractivity contribution >= 4 is 43.0 Å². The van der Waals surface area contributed by atoms with Crippen molar-refractivity contribution in [2.75, 3.05) is 32.0 Å². The molecule has 8 nitrogen and oxygen atoms in total. The number of nitrogens with one attached hydrogen (secondary N) is 1. The highest BCUT2D eigenvalue weighted by Crippen LogP contribution is 2.51. The van der Waals surface area contributed by atoms with E-state index in [4.69, 9.17) is 21.8 Å². The lowest BCUT2D eigenvalue weighted by Crippen LogP contribution is -2.44. The molecule has 3 N–H and O–H groups in total. The molecule has 3 aliphatic heterocycles. The molecule has 0 saturated carbocycles. The van der Waals surface area contributed by atoms with Gasteiger partial charge in [0.2, 0.25) is 11.6 Å². The Hall–Kier alpha value is -3.87. The fraction of sp³-hybridized carbons (Fsp3) is 0.469. The number of halogens is 6. The molecule has 5 heterocycles. The summed E-state index contributed by atoms with van der Waals surface area (Å²) in [5.74, 6) is -2.49. The molecule has 0 bridgehead atoms. The van der Waals surface area contributed by atoms with E-state index in [-0.39, 0.29) is 63.2 Å². The number of rotatable bonds is 6. The fourth-order valence-electron chi connectivity index (χ4n) is 7.30. The maximum absolute atomic E-state index is 16.9. The molecule has 0 spiro atoms. The standard InChI is InChI=1S/C32H30F6N6O2S/c1-30(2)20(7-9-41-30)46-28-17-11-18(32(36,37)38)21(16-5-6-19(34)26-22(16)25(40-3)27(39)47-26)23(35)24(17)42-29(43-28)45-14-31-8-4-10-44(31)13-15(33)12-31/h5-6,11,15,20,41H,4,7-10,12-14,39H2,1-2H3/t15-,20?,31+/m1/s1. The Bertz CT molecular complexity index is 1960. The maximum Gasteiger partial charge on any atom is 0.417 e. The number of hydrogen-bond donors (Lipinski definition) is 2. The van der Waals surface area contributed by atoms with Crippen LogP contribution in [0.15, 0.2) is 18.2 Å². The first kappa shape index (κ1) is 31.7. The van der Waals surface area contributed by atoms with Gasteiger partial charge in [-0.05, 0) is 63.9 Å². The van der Waals surface area contributed by atoms with Crippen molar-refractivity contribution in [1.82, 2.24) is 20.2 Å². The Kier molecular flexibility index (Phi) is 7.49. The van der Waals surface area contributed by atoms with Gasteiger partial charge in [0.1, 0.15) is 30.2 Å². The van der Waals surface area contributed by atoms with Crippen molar-refractivity contribution in [1.29, 1.82) is 0 Å². The number of nitrogens with zero attached hydrogens (tertiary/aromatic N) is 4. The smallest absolute Gasteiger partial charge is 0.417 e. The second-order valence-electron chi connectivity index (χ2n) is 13.0. The topological polar surface area (TPSA) is 89.9 Å². The number of fused-ring (bicyclic) bond motifs is 3. The lowest BCUT2D eigenvalue weighted by Gasteiger charge is -2.31. The molecule has 3 aliphatic rings. The molecular weight excluding hydrogens is 646 g/mol. The van der Waals surface area contributed by atoms with E-state index in [1.54, 1.807) is 0 Å². The lowest BCUT2D eigenvalue weighted by molar-refractivity contribution is -0.137. The van der Waals surface area contributed by atoms with Crippen LogP contribution in [0.3, 0.4) is 0 Å². The molecule has 47 heavy (non-hydrogen) atoms. The molecule has 4 aromatic rings. The first-order valence-electron chi connectivity index (χ1n) is 15.2. The third kappa shape index (κ3) is 5.21. The average Bonchev–Trinajstić information content (AvgIpc) is 3.73. The second kappa shape index (κ2) is 11.1. The number of nitrogen functional groups attached to an aromatic ring is 1.